The summed E-state index contributed by atoms with van der Waals surface area (Å²) >= 11 is 11.8. The summed E-state index contributed by atoms with van der Waals surface area (Å²) < 4.78 is 25.0. The van der Waals surface area contributed by atoms with Gasteiger partial charge in [-0.2, -0.15) is 0 Å². The minimum atomic E-state index is -3.65. The van der Waals surface area contributed by atoms with Crippen molar-refractivity contribution in [2.75, 3.05) is 5.75 Å². The molecule has 0 aromatic heterocycles. The fourth-order valence-corrected chi connectivity index (χ4v) is 5.35. The van der Waals surface area contributed by atoms with E-state index in [1.807, 2.05) is 0 Å². The summed E-state index contributed by atoms with van der Waals surface area (Å²) in [5, 5.41) is 8.86. The van der Waals surface area contributed by atoms with Gasteiger partial charge < -0.3 is 5.11 Å². The van der Waals surface area contributed by atoms with Crippen LogP contribution in [0.5, 0.6) is 0 Å². The molecule has 1 aromatic carbocycles. The van der Waals surface area contributed by atoms with E-state index in [0.717, 1.165) is 38.2 Å². The minimum absolute atomic E-state index is 0.00782. The standard InChI is InChI=1S/C14H16Cl2O4S/c15-10-6-11(14(17)18)13(16)12(7-10)21(19,20)8-9-4-2-1-3-5-9/h6-7,9H,1-5,8H2,(H,17,18). The van der Waals surface area contributed by atoms with E-state index >= 15 is 0 Å². The van der Waals surface area contributed by atoms with Gasteiger partial charge in [-0.3, -0.25) is 0 Å². The summed E-state index contributed by atoms with van der Waals surface area (Å²) in [6.07, 6.45) is 4.96. The number of hydrogen-bond acceptors (Lipinski definition) is 3. The lowest BCUT2D eigenvalue weighted by Crippen LogP contribution is -2.19. The average molecular weight is 351 g/mol. The summed E-state index contributed by atoms with van der Waals surface area (Å²) in [5.74, 6) is -1.20. The third kappa shape index (κ3) is 3.90. The van der Waals surface area contributed by atoms with E-state index in [2.05, 4.69) is 0 Å². The maximum Gasteiger partial charge on any atom is 0.337 e. The van der Waals surface area contributed by atoms with E-state index < -0.39 is 15.8 Å². The Kier molecular flexibility index (Phi) is 5.17. The molecule has 1 aliphatic carbocycles. The van der Waals surface area contributed by atoms with Crippen LogP contribution in [-0.2, 0) is 9.84 Å². The fourth-order valence-electron chi connectivity index (χ4n) is 2.70. The Hall–Kier alpha value is -0.780. The summed E-state index contributed by atoms with van der Waals surface area (Å²) in [5.41, 5.74) is -0.286. The third-order valence-electron chi connectivity index (χ3n) is 3.75. The molecule has 0 radical (unpaired) electrons. The van der Waals surface area contributed by atoms with Crippen molar-refractivity contribution < 1.29 is 18.3 Å². The Balaban J connectivity index is 2.37. The zero-order valence-electron chi connectivity index (χ0n) is 11.3. The van der Waals surface area contributed by atoms with Gasteiger partial charge in [0.1, 0.15) is 0 Å². The normalized spacial score (nSPS) is 16.9. The van der Waals surface area contributed by atoms with Crippen LogP contribution < -0.4 is 0 Å². The first-order valence-corrected chi connectivity index (χ1v) is 9.17. The van der Waals surface area contributed by atoms with Gasteiger partial charge in [-0.25, -0.2) is 13.2 Å². The highest BCUT2D eigenvalue weighted by atomic mass is 35.5. The van der Waals surface area contributed by atoms with Crippen LogP contribution in [0.3, 0.4) is 0 Å². The molecule has 2 rings (SSSR count). The van der Waals surface area contributed by atoms with Crippen molar-refractivity contribution in [1.29, 1.82) is 0 Å². The van der Waals surface area contributed by atoms with Crippen LogP contribution in [0.2, 0.25) is 10.0 Å². The van der Waals surface area contributed by atoms with Gasteiger partial charge in [0.2, 0.25) is 0 Å². The predicted octanol–water partition coefficient (Wildman–Crippen LogP) is 4.05. The number of benzene rings is 1. The van der Waals surface area contributed by atoms with Crippen LogP contribution in [0.1, 0.15) is 42.5 Å². The molecule has 0 spiro atoms. The molecule has 4 nitrogen and oxygen atoms in total. The Morgan fingerprint density at radius 3 is 2.38 bits per heavy atom. The van der Waals surface area contributed by atoms with Crippen LogP contribution in [0.4, 0.5) is 0 Å². The van der Waals surface area contributed by atoms with Crippen molar-refractivity contribution in [2.24, 2.45) is 5.92 Å². The van der Waals surface area contributed by atoms with Crippen molar-refractivity contribution in [3.05, 3.63) is 27.7 Å². The first kappa shape index (κ1) is 16.6. The van der Waals surface area contributed by atoms with E-state index in [-0.39, 0.29) is 32.2 Å². The number of sulfone groups is 1. The molecule has 116 valence electrons. The van der Waals surface area contributed by atoms with Gasteiger partial charge in [0.05, 0.1) is 21.2 Å². The van der Waals surface area contributed by atoms with E-state index in [1.54, 1.807) is 0 Å². The van der Waals surface area contributed by atoms with Crippen LogP contribution in [0.15, 0.2) is 17.0 Å². The molecular formula is C14H16Cl2O4S. The quantitative estimate of drug-likeness (QED) is 0.888. The SMILES string of the molecule is O=C(O)c1cc(Cl)cc(S(=O)(=O)CC2CCCCC2)c1Cl. The summed E-state index contributed by atoms with van der Waals surface area (Å²) in [7, 11) is -3.65. The second kappa shape index (κ2) is 6.55. The number of aromatic carboxylic acids is 1. The molecule has 1 fully saturated rings. The molecule has 1 N–H and O–H groups in total. The second-order valence-corrected chi connectivity index (χ2v) is 8.17. The van der Waals surface area contributed by atoms with Crippen LogP contribution in [0.25, 0.3) is 0 Å². The lowest BCUT2D eigenvalue weighted by molar-refractivity contribution is 0.0697. The molecule has 0 bridgehead atoms. The maximum atomic E-state index is 12.5. The lowest BCUT2D eigenvalue weighted by Gasteiger charge is -2.21. The molecule has 1 aliphatic rings. The van der Waals surface area contributed by atoms with Crippen LogP contribution in [-0.4, -0.2) is 25.2 Å². The first-order chi connectivity index (χ1) is 9.81. The molecule has 0 aliphatic heterocycles. The molecule has 21 heavy (non-hydrogen) atoms. The number of carboxylic acid groups (broad SMARTS) is 1. The van der Waals surface area contributed by atoms with E-state index in [9.17, 15) is 13.2 Å². The largest absolute Gasteiger partial charge is 0.478 e. The minimum Gasteiger partial charge on any atom is -0.478 e. The smallest absolute Gasteiger partial charge is 0.337 e. The maximum absolute atomic E-state index is 12.5. The Labute approximate surface area is 134 Å². The van der Waals surface area contributed by atoms with Gasteiger partial charge in [-0.15, -0.1) is 0 Å². The molecule has 0 saturated heterocycles. The summed E-state index contributed by atoms with van der Waals surface area (Å²) in [4.78, 5) is 10.9. The van der Waals surface area contributed by atoms with Crippen LogP contribution in [0, 0.1) is 5.92 Å². The van der Waals surface area contributed by atoms with Gasteiger partial charge in [-0.1, -0.05) is 42.5 Å². The Morgan fingerprint density at radius 1 is 1.19 bits per heavy atom. The monoisotopic (exact) mass is 350 g/mol. The highest BCUT2D eigenvalue weighted by molar-refractivity contribution is 7.91. The highest BCUT2D eigenvalue weighted by Crippen LogP contribution is 2.33. The van der Waals surface area contributed by atoms with Crippen molar-refractivity contribution in [2.45, 2.75) is 37.0 Å². The fraction of sp³-hybridized carbons (Fsp3) is 0.500. The number of hydrogen-bond donors (Lipinski definition) is 1. The van der Waals surface area contributed by atoms with Crippen molar-refractivity contribution in [3.8, 4) is 0 Å². The lowest BCUT2D eigenvalue weighted by atomic mass is 9.91. The van der Waals surface area contributed by atoms with Gasteiger partial charge in [0.15, 0.2) is 9.84 Å². The molecule has 0 heterocycles. The van der Waals surface area contributed by atoms with Crippen LogP contribution >= 0.6 is 23.2 Å². The zero-order valence-corrected chi connectivity index (χ0v) is 13.6. The molecular weight excluding hydrogens is 335 g/mol. The molecule has 0 unspecified atom stereocenters. The van der Waals surface area contributed by atoms with Gasteiger partial charge in [0, 0.05) is 5.02 Å². The average Bonchev–Trinajstić information content (AvgIpc) is 2.41. The van der Waals surface area contributed by atoms with E-state index in [4.69, 9.17) is 28.3 Å². The van der Waals surface area contributed by atoms with Gasteiger partial charge in [0.25, 0.3) is 0 Å². The molecule has 1 aromatic rings. The summed E-state index contributed by atoms with van der Waals surface area (Å²) in [6, 6.07) is 2.39. The van der Waals surface area contributed by atoms with E-state index in [0.29, 0.717) is 0 Å². The number of carboxylic acids is 1. The zero-order chi connectivity index (χ0) is 15.6. The van der Waals surface area contributed by atoms with Crippen molar-refractivity contribution >= 4 is 39.0 Å². The topological polar surface area (TPSA) is 71.4 Å². The molecule has 0 atom stereocenters. The molecule has 0 amide bonds. The van der Waals surface area contributed by atoms with Gasteiger partial charge in [-0.05, 0) is 30.9 Å². The number of halogens is 2. The Morgan fingerprint density at radius 2 is 1.81 bits per heavy atom. The third-order valence-corrected chi connectivity index (χ3v) is 6.39. The van der Waals surface area contributed by atoms with E-state index in [1.165, 1.54) is 6.07 Å². The first-order valence-electron chi connectivity index (χ1n) is 6.76. The molecule has 7 heteroatoms. The molecule has 1 saturated carbocycles. The van der Waals surface area contributed by atoms with Gasteiger partial charge >= 0.3 is 5.97 Å². The highest BCUT2D eigenvalue weighted by Gasteiger charge is 2.27. The predicted molar refractivity (Wildman–Crippen MR) is 82.0 cm³/mol. The van der Waals surface area contributed by atoms with Crippen molar-refractivity contribution in [3.63, 3.8) is 0 Å². The number of carbonyl (C=O) groups is 1. The second-order valence-electron chi connectivity index (χ2n) is 5.36. The summed E-state index contributed by atoms with van der Waals surface area (Å²) in [6.45, 7) is 0. The van der Waals surface area contributed by atoms with Crippen molar-refractivity contribution in [1.82, 2.24) is 0 Å². The number of rotatable bonds is 4. The Bertz CT molecular complexity index is 649.